The van der Waals surface area contributed by atoms with Crippen molar-refractivity contribution < 1.29 is 18.3 Å². The Morgan fingerprint density at radius 3 is 2.50 bits per heavy atom. The molecular weight excluding hydrogens is 331 g/mol. The van der Waals surface area contributed by atoms with E-state index in [0.717, 1.165) is 18.4 Å². The van der Waals surface area contributed by atoms with E-state index in [1.54, 1.807) is 6.92 Å². The summed E-state index contributed by atoms with van der Waals surface area (Å²) in [7, 11) is 1.13. The molecule has 1 atom stereocenters. The number of carbonyl (C=O) groups excluding carboxylic acids is 1. The van der Waals surface area contributed by atoms with Crippen molar-refractivity contribution in [2.45, 2.75) is 25.8 Å². The molecule has 8 heteroatoms. The monoisotopic (exact) mass is 343 g/mol. The second-order valence-corrected chi connectivity index (χ2v) is 5.97. The number of carbonyl (C=O) groups is 1. The Morgan fingerprint density at radius 2 is 2.10 bits per heavy atom. The summed E-state index contributed by atoms with van der Waals surface area (Å²) in [6.07, 6.45) is -3.31. The van der Waals surface area contributed by atoms with Crippen LogP contribution in [0.5, 0.6) is 0 Å². The normalized spacial score (nSPS) is 12.3. The van der Waals surface area contributed by atoms with Crippen LogP contribution in [0.3, 0.4) is 0 Å². The molecule has 0 radical (unpaired) electrons. The van der Waals surface area contributed by atoms with Crippen molar-refractivity contribution in [1.29, 1.82) is 0 Å². The topological polar surface area (TPSA) is 38.3 Å². The number of hydrogen-bond donors (Lipinski definition) is 1. The van der Waals surface area contributed by atoms with E-state index in [0.29, 0.717) is 25.5 Å². The zero-order chi connectivity index (χ0) is 15.4. The maximum atomic E-state index is 12.5. The highest BCUT2D eigenvalue weighted by Gasteiger charge is 2.25. The van der Waals surface area contributed by atoms with Crippen LogP contribution in [-0.2, 0) is 9.53 Å². The quantitative estimate of drug-likeness (QED) is 0.789. The van der Waals surface area contributed by atoms with Crippen LogP contribution >= 0.6 is 34.5 Å². The van der Waals surface area contributed by atoms with Gasteiger partial charge in [-0.2, -0.15) is 0 Å². The number of halogens is 4. The minimum atomic E-state index is -2.64. The number of ether oxygens (including phenoxy) is 1. The molecule has 0 aliphatic rings. The van der Waals surface area contributed by atoms with Gasteiger partial charge >= 0.3 is 5.97 Å². The van der Waals surface area contributed by atoms with Crippen LogP contribution in [0, 0.1) is 6.92 Å². The van der Waals surface area contributed by atoms with Crippen molar-refractivity contribution in [2.24, 2.45) is 0 Å². The highest BCUT2D eigenvalue weighted by molar-refractivity contribution is 7.18. The molecule has 0 fully saturated rings. The minimum absolute atomic E-state index is 0.303. The van der Waals surface area contributed by atoms with E-state index in [1.165, 1.54) is 0 Å². The fourth-order valence-corrected chi connectivity index (χ4v) is 3.05. The van der Waals surface area contributed by atoms with E-state index in [-0.39, 0.29) is 0 Å². The number of rotatable bonds is 6. The molecule has 0 spiro atoms. The Labute approximate surface area is 129 Å². The van der Waals surface area contributed by atoms with Gasteiger partial charge in [-0.1, -0.05) is 29.8 Å². The predicted molar refractivity (Wildman–Crippen MR) is 77.7 cm³/mol. The molecule has 1 aromatic heterocycles. The standard InChI is InChI=1S/C12H13Cl2F2NO2S/c1-5-9(13)11(14)20-10(5)6(2)17-7(4-8(15)16)12(18)19-3/h7-8,17H,2,4H2,1,3H3. The molecule has 20 heavy (non-hydrogen) atoms. The molecule has 0 saturated carbocycles. The fourth-order valence-electron chi connectivity index (χ4n) is 1.56. The summed E-state index contributed by atoms with van der Waals surface area (Å²) in [5.74, 6) is -0.780. The van der Waals surface area contributed by atoms with Crippen molar-refractivity contribution in [3.8, 4) is 0 Å². The molecule has 112 valence electrons. The lowest BCUT2D eigenvalue weighted by molar-refractivity contribution is -0.143. The third kappa shape index (κ3) is 4.07. The second kappa shape index (κ2) is 7.24. The van der Waals surface area contributed by atoms with E-state index in [1.807, 2.05) is 0 Å². The molecule has 0 aromatic carbocycles. The van der Waals surface area contributed by atoms with Crippen LogP contribution in [0.2, 0.25) is 9.36 Å². The van der Waals surface area contributed by atoms with E-state index in [4.69, 9.17) is 23.2 Å². The van der Waals surface area contributed by atoms with E-state index in [9.17, 15) is 13.6 Å². The van der Waals surface area contributed by atoms with Gasteiger partial charge in [0, 0.05) is 12.1 Å². The second-order valence-electron chi connectivity index (χ2n) is 3.97. The van der Waals surface area contributed by atoms with Gasteiger partial charge in [0.15, 0.2) is 0 Å². The molecule has 1 heterocycles. The summed E-state index contributed by atoms with van der Waals surface area (Å²) in [4.78, 5) is 12.1. The van der Waals surface area contributed by atoms with E-state index in [2.05, 4.69) is 16.6 Å². The van der Waals surface area contributed by atoms with Crippen LogP contribution in [0.4, 0.5) is 8.78 Å². The Balaban J connectivity index is 2.90. The number of methoxy groups -OCH3 is 1. The van der Waals surface area contributed by atoms with Gasteiger partial charge in [-0.05, 0) is 12.5 Å². The zero-order valence-electron chi connectivity index (χ0n) is 10.8. The Hall–Kier alpha value is -0.850. The summed E-state index contributed by atoms with van der Waals surface area (Å²) in [6, 6.07) is -1.17. The van der Waals surface area contributed by atoms with Crippen LogP contribution in [0.1, 0.15) is 16.9 Å². The Morgan fingerprint density at radius 1 is 1.50 bits per heavy atom. The van der Waals surface area contributed by atoms with Crippen molar-refractivity contribution in [1.82, 2.24) is 5.32 Å². The first-order chi connectivity index (χ1) is 9.27. The molecule has 1 aromatic rings. The number of hydrogen-bond acceptors (Lipinski definition) is 4. The van der Waals surface area contributed by atoms with Crippen molar-refractivity contribution in [3.63, 3.8) is 0 Å². The Kier molecular flexibility index (Phi) is 6.23. The van der Waals surface area contributed by atoms with E-state index < -0.39 is 24.9 Å². The van der Waals surface area contributed by atoms with Crippen LogP contribution < -0.4 is 5.32 Å². The SMILES string of the molecule is C=C(NC(CC(F)F)C(=O)OC)c1sc(Cl)c(Cl)c1C. The van der Waals surface area contributed by atoms with Gasteiger partial charge in [-0.3, -0.25) is 0 Å². The summed E-state index contributed by atoms with van der Waals surface area (Å²) in [5.41, 5.74) is 0.983. The largest absolute Gasteiger partial charge is 0.467 e. The van der Waals surface area contributed by atoms with E-state index >= 15 is 0 Å². The molecule has 3 nitrogen and oxygen atoms in total. The number of alkyl halides is 2. The highest BCUT2D eigenvalue weighted by atomic mass is 35.5. The first kappa shape index (κ1) is 17.2. The first-order valence-corrected chi connectivity index (χ1v) is 7.11. The van der Waals surface area contributed by atoms with Gasteiger partial charge in [0.2, 0.25) is 6.43 Å². The van der Waals surface area contributed by atoms with Gasteiger partial charge in [0.05, 0.1) is 17.0 Å². The first-order valence-electron chi connectivity index (χ1n) is 5.54. The average Bonchev–Trinajstić information content (AvgIpc) is 2.64. The maximum Gasteiger partial charge on any atom is 0.328 e. The van der Waals surface area contributed by atoms with Gasteiger partial charge in [-0.15, -0.1) is 11.3 Å². The summed E-state index contributed by atoms with van der Waals surface area (Å²) >= 11 is 13.0. The maximum absolute atomic E-state index is 12.5. The van der Waals surface area contributed by atoms with Gasteiger partial charge < -0.3 is 10.1 Å². The molecule has 0 bridgehead atoms. The highest BCUT2D eigenvalue weighted by Crippen LogP contribution is 2.38. The zero-order valence-corrected chi connectivity index (χ0v) is 13.1. The fraction of sp³-hybridized carbons (Fsp3) is 0.417. The smallest absolute Gasteiger partial charge is 0.328 e. The third-order valence-corrected chi connectivity index (χ3v) is 4.80. The molecule has 0 saturated heterocycles. The lowest BCUT2D eigenvalue weighted by atomic mass is 10.2. The average molecular weight is 344 g/mol. The van der Waals surface area contributed by atoms with Gasteiger partial charge in [0.1, 0.15) is 10.4 Å². The van der Waals surface area contributed by atoms with Crippen LogP contribution in [-0.4, -0.2) is 25.5 Å². The number of nitrogens with one attached hydrogen (secondary N) is 1. The lowest BCUT2D eigenvalue weighted by Gasteiger charge is -2.18. The lowest BCUT2D eigenvalue weighted by Crippen LogP contribution is -2.37. The molecule has 0 aliphatic carbocycles. The van der Waals surface area contributed by atoms with Crippen molar-refractivity contribution >= 4 is 46.2 Å². The number of thiophene rings is 1. The predicted octanol–water partition coefficient (Wildman–Crippen LogP) is 4.12. The molecule has 0 amide bonds. The van der Waals surface area contributed by atoms with Crippen molar-refractivity contribution in [3.05, 3.63) is 26.4 Å². The summed E-state index contributed by atoms with van der Waals surface area (Å²) in [5, 5.41) is 3.03. The third-order valence-electron chi connectivity index (χ3n) is 2.56. The molecule has 0 aliphatic heterocycles. The number of esters is 1. The van der Waals surface area contributed by atoms with Gasteiger partial charge in [-0.25, -0.2) is 13.6 Å². The molecular formula is C12H13Cl2F2NO2S. The minimum Gasteiger partial charge on any atom is -0.467 e. The Bertz CT molecular complexity index is 520. The van der Waals surface area contributed by atoms with Crippen LogP contribution in [0.15, 0.2) is 6.58 Å². The van der Waals surface area contributed by atoms with Crippen molar-refractivity contribution in [2.75, 3.05) is 7.11 Å². The molecule has 1 N–H and O–H groups in total. The van der Waals surface area contributed by atoms with Crippen LogP contribution in [0.25, 0.3) is 5.70 Å². The summed E-state index contributed by atoms with van der Waals surface area (Å²) in [6.45, 7) is 5.46. The molecule has 1 unspecified atom stereocenters. The van der Waals surface area contributed by atoms with Gasteiger partial charge in [0.25, 0.3) is 0 Å². The summed E-state index contributed by atoms with van der Waals surface area (Å²) < 4.78 is 29.8. The molecule has 1 rings (SSSR count).